The highest BCUT2D eigenvalue weighted by Crippen LogP contribution is 2.27. The first-order valence-corrected chi connectivity index (χ1v) is 8.01. The molecular formula is C16H21N3OS. The lowest BCUT2D eigenvalue weighted by molar-refractivity contribution is -0.120. The summed E-state index contributed by atoms with van der Waals surface area (Å²) < 4.78 is 0. The molecule has 112 valence electrons. The molecule has 1 amide bonds. The smallest absolute Gasteiger partial charge is 0.225 e. The molecule has 0 aliphatic heterocycles. The van der Waals surface area contributed by atoms with Crippen LogP contribution in [0.3, 0.4) is 0 Å². The molecule has 0 atom stereocenters. The van der Waals surface area contributed by atoms with Crippen LogP contribution in [0.15, 0.2) is 24.5 Å². The predicted octanol–water partition coefficient (Wildman–Crippen LogP) is 3.22. The Balaban J connectivity index is 1.98. The normalized spacial score (nSPS) is 10.9. The van der Waals surface area contributed by atoms with Gasteiger partial charge in [-0.2, -0.15) is 0 Å². The largest absolute Gasteiger partial charge is 0.356 e. The number of nitrogens with zero attached hydrogens (tertiary/aromatic N) is 2. The highest BCUT2D eigenvalue weighted by Gasteiger charge is 2.12. The molecule has 0 aliphatic carbocycles. The van der Waals surface area contributed by atoms with E-state index in [1.165, 1.54) is 0 Å². The summed E-state index contributed by atoms with van der Waals surface area (Å²) in [5, 5.41) is 3.89. The second-order valence-corrected chi connectivity index (χ2v) is 6.56. The van der Waals surface area contributed by atoms with Gasteiger partial charge in [-0.1, -0.05) is 13.8 Å². The summed E-state index contributed by atoms with van der Waals surface area (Å²) in [6.45, 7) is 7.00. The Morgan fingerprint density at radius 3 is 2.90 bits per heavy atom. The van der Waals surface area contributed by atoms with Crippen molar-refractivity contribution < 1.29 is 4.79 Å². The Morgan fingerprint density at radius 1 is 1.43 bits per heavy atom. The molecule has 0 aromatic carbocycles. The number of thiazole rings is 1. The topological polar surface area (TPSA) is 54.9 Å². The monoisotopic (exact) mass is 303 g/mol. The minimum atomic E-state index is 0.0696. The molecule has 4 nitrogen and oxygen atoms in total. The number of aromatic nitrogens is 2. The number of hydrogen-bond acceptors (Lipinski definition) is 4. The Morgan fingerprint density at radius 2 is 2.24 bits per heavy atom. The predicted molar refractivity (Wildman–Crippen MR) is 86.3 cm³/mol. The number of rotatable bonds is 6. The standard InChI is InChI=1S/C16H21N3OS/c1-11(2)6-8-18-15(20)9-14-12(3)19-16(21-14)13-5-4-7-17-10-13/h4-5,7,10-11H,6,8-9H2,1-3H3,(H,18,20). The second kappa shape index (κ2) is 7.31. The first-order valence-electron chi connectivity index (χ1n) is 7.19. The van der Waals surface area contributed by atoms with E-state index in [9.17, 15) is 4.79 Å². The first-order chi connectivity index (χ1) is 10.1. The summed E-state index contributed by atoms with van der Waals surface area (Å²) in [7, 11) is 0. The maximum atomic E-state index is 11.9. The van der Waals surface area contributed by atoms with E-state index in [0.717, 1.165) is 34.1 Å². The third kappa shape index (κ3) is 4.63. The fraction of sp³-hybridized carbons (Fsp3) is 0.438. The van der Waals surface area contributed by atoms with E-state index in [2.05, 4.69) is 29.1 Å². The van der Waals surface area contributed by atoms with Crippen molar-refractivity contribution in [3.63, 3.8) is 0 Å². The van der Waals surface area contributed by atoms with E-state index >= 15 is 0 Å². The summed E-state index contributed by atoms with van der Waals surface area (Å²) in [6, 6.07) is 3.88. The number of aryl methyl sites for hydroxylation is 1. The molecule has 0 saturated heterocycles. The van der Waals surface area contributed by atoms with Gasteiger partial charge in [0.1, 0.15) is 5.01 Å². The molecule has 1 N–H and O–H groups in total. The molecule has 2 rings (SSSR count). The fourth-order valence-electron chi connectivity index (χ4n) is 1.91. The van der Waals surface area contributed by atoms with Gasteiger partial charge in [0, 0.05) is 29.4 Å². The number of carbonyl (C=O) groups excluding carboxylic acids is 1. The van der Waals surface area contributed by atoms with Crippen LogP contribution in [0.4, 0.5) is 0 Å². The van der Waals surface area contributed by atoms with Gasteiger partial charge in [-0.15, -0.1) is 11.3 Å². The van der Waals surface area contributed by atoms with Crippen molar-refractivity contribution in [2.24, 2.45) is 5.92 Å². The summed E-state index contributed by atoms with van der Waals surface area (Å²) in [5.41, 5.74) is 1.93. The van der Waals surface area contributed by atoms with E-state index in [0.29, 0.717) is 12.3 Å². The van der Waals surface area contributed by atoms with Gasteiger partial charge < -0.3 is 5.32 Å². The molecule has 2 aromatic rings. The van der Waals surface area contributed by atoms with E-state index in [4.69, 9.17) is 0 Å². The second-order valence-electron chi connectivity index (χ2n) is 5.48. The van der Waals surface area contributed by atoms with Gasteiger partial charge >= 0.3 is 0 Å². The third-order valence-corrected chi connectivity index (χ3v) is 4.37. The number of amides is 1. The number of pyridine rings is 1. The van der Waals surface area contributed by atoms with Gasteiger partial charge in [0.15, 0.2) is 0 Å². The van der Waals surface area contributed by atoms with E-state index < -0.39 is 0 Å². The molecule has 5 heteroatoms. The molecule has 2 aromatic heterocycles. The van der Waals surface area contributed by atoms with E-state index in [1.807, 2.05) is 19.1 Å². The highest BCUT2D eigenvalue weighted by molar-refractivity contribution is 7.15. The van der Waals surface area contributed by atoms with Crippen LogP contribution in [-0.2, 0) is 11.2 Å². The molecule has 0 bridgehead atoms. The molecule has 2 heterocycles. The van der Waals surface area contributed by atoms with Gasteiger partial charge in [-0.3, -0.25) is 9.78 Å². The molecule has 0 saturated carbocycles. The number of hydrogen-bond donors (Lipinski definition) is 1. The number of nitrogens with one attached hydrogen (secondary N) is 1. The van der Waals surface area contributed by atoms with E-state index in [1.54, 1.807) is 23.7 Å². The first kappa shape index (κ1) is 15.6. The van der Waals surface area contributed by atoms with Gasteiger partial charge in [-0.05, 0) is 31.4 Å². The summed E-state index contributed by atoms with van der Waals surface area (Å²) in [6.07, 6.45) is 4.95. The zero-order chi connectivity index (χ0) is 15.2. The molecule has 0 unspecified atom stereocenters. The van der Waals surface area contributed by atoms with Crippen molar-refractivity contribution in [3.05, 3.63) is 35.1 Å². The van der Waals surface area contributed by atoms with Crippen molar-refractivity contribution in [1.82, 2.24) is 15.3 Å². The van der Waals surface area contributed by atoms with Crippen molar-refractivity contribution in [1.29, 1.82) is 0 Å². The average Bonchev–Trinajstić information content (AvgIpc) is 2.81. The Bertz CT molecular complexity index is 593. The van der Waals surface area contributed by atoms with Crippen molar-refractivity contribution in [3.8, 4) is 10.6 Å². The Hall–Kier alpha value is -1.75. The van der Waals surface area contributed by atoms with Crippen molar-refractivity contribution in [2.75, 3.05) is 6.54 Å². The SMILES string of the molecule is Cc1nc(-c2cccnc2)sc1CC(=O)NCCC(C)C. The summed E-state index contributed by atoms with van der Waals surface area (Å²) >= 11 is 1.57. The van der Waals surface area contributed by atoms with Crippen LogP contribution in [0.2, 0.25) is 0 Å². The minimum Gasteiger partial charge on any atom is -0.356 e. The highest BCUT2D eigenvalue weighted by atomic mass is 32.1. The molecule has 0 radical (unpaired) electrons. The molecule has 21 heavy (non-hydrogen) atoms. The molecule has 0 aliphatic rings. The molecule has 0 fully saturated rings. The maximum absolute atomic E-state index is 11.9. The van der Waals surface area contributed by atoms with Gasteiger partial charge in [0.25, 0.3) is 0 Å². The van der Waals surface area contributed by atoms with Crippen molar-refractivity contribution in [2.45, 2.75) is 33.6 Å². The third-order valence-electron chi connectivity index (χ3n) is 3.17. The Kier molecular flexibility index (Phi) is 5.44. The van der Waals surface area contributed by atoms with Crippen LogP contribution in [0.5, 0.6) is 0 Å². The van der Waals surface area contributed by atoms with E-state index in [-0.39, 0.29) is 5.91 Å². The van der Waals surface area contributed by atoms with Crippen LogP contribution >= 0.6 is 11.3 Å². The van der Waals surface area contributed by atoms with Gasteiger partial charge in [-0.25, -0.2) is 4.98 Å². The summed E-state index contributed by atoms with van der Waals surface area (Å²) in [5.74, 6) is 0.674. The maximum Gasteiger partial charge on any atom is 0.225 e. The van der Waals surface area contributed by atoms with Crippen LogP contribution < -0.4 is 5.32 Å². The summed E-state index contributed by atoms with van der Waals surface area (Å²) in [4.78, 5) is 21.6. The average molecular weight is 303 g/mol. The zero-order valence-electron chi connectivity index (χ0n) is 12.7. The minimum absolute atomic E-state index is 0.0696. The Labute approximate surface area is 129 Å². The lowest BCUT2D eigenvalue weighted by atomic mass is 10.1. The van der Waals surface area contributed by atoms with Gasteiger partial charge in [0.05, 0.1) is 12.1 Å². The van der Waals surface area contributed by atoms with Crippen LogP contribution in [0.1, 0.15) is 30.8 Å². The zero-order valence-corrected chi connectivity index (χ0v) is 13.5. The lowest BCUT2D eigenvalue weighted by Gasteiger charge is -2.06. The quantitative estimate of drug-likeness (QED) is 0.891. The van der Waals surface area contributed by atoms with Crippen LogP contribution in [0.25, 0.3) is 10.6 Å². The lowest BCUT2D eigenvalue weighted by Crippen LogP contribution is -2.26. The van der Waals surface area contributed by atoms with Gasteiger partial charge in [0.2, 0.25) is 5.91 Å². The van der Waals surface area contributed by atoms with Crippen LogP contribution in [-0.4, -0.2) is 22.4 Å². The fourth-order valence-corrected chi connectivity index (χ4v) is 2.96. The van der Waals surface area contributed by atoms with Crippen LogP contribution in [0, 0.1) is 12.8 Å². The van der Waals surface area contributed by atoms with Crippen molar-refractivity contribution >= 4 is 17.2 Å². The molecule has 0 spiro atoms. The molecular weight excluding hydrogens is 282 g/mol. The number of carbonyl (C=O) groups is 1.